The highest BCUT2D eigenvalue weighted by molar-refractivity contribution is 5.75. The summed E-state index contributed by atoms with van der Waals surface area (Å²) in [5.74, 6) is 0.409. The molecule has 1 unspecified atom stereocenters. The Morgan fingerprint density at radius 2 is 2.17 bits per heavy atom. The third kappa shape index (κ3) is 1.12. The lowest BCUT2D eigenvalue weighted by Crippen LogP contribution is -2.25. The Balaban J connectivity index is 2.10. The van der Waals surface area contributed by atoms with Gasteiger partial charge in [-0.2, -0.15) is 0 Å². The van der Waals surface area contributed by atoms with Gasteiger partial charge in [-0.3, -0.25) is 4.79 Å². The van der Waals surface area contributed by atoms with E-state index in [9.17, 15) is 4.79 Å². The number of hydrogen-bond acceptors (Lipinski definition) is 3. The molecule has 1 saturated carbocycles. The van der Waals surface area contributed by atoms with Crippen molar-refractivity contribution in [2.75, 3.05) is 7.11 Å². The molecule has 0 aromatic rings. The SMILES string of the molecule is COC1OC(=O)[C@@H]2CCCC[C@H]12. The van der Waals surface area contributed by atoms with Crippen LogP contribution >= 0.6 is 0 Å². The van der Waals surface area contributed by atoms with E-state index in [0.29, 0.717) is 5.92 Å². The molecule has 0 aromatic carbocycles. The van der Waals surface area contributed by atoms with Crippen molar-refractivity contribution in [3.63, 3.8) is 0 Å². The van der Waals surface area contributed by atoms with Crippen LogP contribution in [0.15, 0.2) is 0 Å². The summed E-state index contributed by atoms with van der Waals surface area (Å²) in [5, 5.41) is 0. The minimum atomic E-state index is -0.261. The molecule has 0 bridgehead atoms. The molecule has 68 valence electrons. The van der Waals surface area contributed by atoms with Crippen molar-refractivity contribution in [2.24, 2.45) is 11.8 Å². The van der Waals surface area contributed by atoms with Gasteiger partial charge in [0, 0.05) is 13.0 Å². The van der Waals surface area contributed by atoms with Crippen molar-refractivity contribution in [1.29, 1.82) is 0 Å². The third-order valence-corrected chi connectivity index (χ3v) is 2.94. The fourth-order valence-corrected chi connectivity index (χ4v) is 2.29. The summed E-state index contributed by atoms with van der Waals surface area (Å²) >= 11 is 0. The Morgan fingerprint density at radius 3 is 2.92 bits per heavy atom. The maximum absolute atomic E-state index is 11.3. The van der Waals surface area contributed by atoms with Crippen LogP contribution in [0.2, 0.25) is 0 Å². The van der Waals surface area contributed by atoms with E-state index in [1.807, 2.05) is 0 Å². The molecule has 0 N–H and O–H groups in total. The Bertz CT molecular complexity index is 190. The molecule has 3 nitrogen and oxygen atoms in total. The van der Waals surface area contributed by atoms with E-state index in [4.69, 9.17) is 9.47 Å². The summed E-state index contributed by atoms with van der Waals surface area (Å²) in [6, 6.07) is 0. The standard InChI is InChI=1S/C9H14O3/c1-11-9-7-5-3-2-4-6(7)8(10)12-9/h6-7,9H,2-5H2,1H3/t6-,7+,9?/m1/s1. The zero-order valence-electron chi connectivity index (χ0n) is 7.29. The molecule has 1 saturated heterocycles. The summed E-state index contributed by atoms with van der Waals surface area (Å²) in [5.41, 5.74) is 0. The van der Waals surface area contributed by atoms with Crippen LogP contribution in [-0.4, -0.2) is 19.4 Å². The molecule has 12 heavy (non-hydrogen) atoms. The first-order valence-electron chi connectivity index (χ1n) is 4.56. The second kappa shape index (κ2) is 3.05. The molecule has 1 aliphatic carbocycles. The zero-order valence-corrected chi connectivity index (χ0v) is 7.29. The highest BCUT2D eigenvalue weighted by Crippen LogP contribution is 2.39. The van der Waals surface area contributed by atoms with E-state index in [1.54, 1.807) is 7.11 Å². The fraction of sp³-hybridized carbons (Fsp3) is 0.889. The largest absolute Gasteiger partial charge is 0.435 e. The van der Waals surface area contributed by atoms with Gasteiger partial charge in [-0.05, 0) is 12.8 Å². The third-order valence-electron chi connectivity index (χ3n) is 2.94. The molecule has 0 radical (unpaired) electrons. The molecule has 3 heteroatoms. The van der Waals surface area contributed by atoms with Crippen LogP contribution < -0.4 is 0 Å². The van der Waals surface area contributed by atoms with Gasteiger partial charge in [0.25, 0.3) is 0 Å². The Morgan fingerprint density at radius 1 is 1.42 bits per heavy atom. The van der Waals surface area contributed by atoms with Crippen LogP contribution in [0.25, 0.3) is 0 Å². The number of hydrogen-bond donors (Lipinski definition) is 0. The maximum Gasteiger partial charge on any atom is 0.311 e. The predicted molar refractivity (Wildman–Crippen MR) is 42.3 cm³/mol. The summed E-state index contributed by atoms with van der Waals surface area (Å²) in [7, 11) is 1.61. The fourth-order valence-electron chi connectivity index (χ4n) is 2.29. The average Bonchev–Trinajstić information content (AvgIpc) is 2.44. The zero-order chi connectivity index (χ0) is 8.55. The number of cyclic esters (lactones) is 1. The van der Waals surface area contributed by atoms with E-state index >= 15 is 0 Å². The van der Waals surface area contributed by atoms with Crippen molar-refractivity contribution >= 4 is 5.97 Å². The van der Waals surface area contributed by atoms with E-state index in [-0.39, 0.29) is 18.2 Å². The van der Waals surface area contributed by atoms with Gasteiger partial charge in [-0.1, -0.05) is 12.8 Å². The van der Waals surface area contributed by atoms with E-state index in [2.05, 4.69) is 0 Å². The molecule has 0 aromatic heterocycles. The van der Waals surface area contributed by atoms with Crippen LogP contribution in [-0.2, 0) is 14.3 Å². The molecule has 2 rings (SSSR count). The number of methoxy groups -OCH3 is 1. The van der Waals surface area contributed by atoms with E-state index in [1.165, 1.54) is 6.42 Å². The number of rotatable bonds is 1. The van der Waals surface area contributed by atoms with Gasteiger partial charge in [0.1, 0.15) is 0 Å². The quantitative estimate of drug-likeness (QED) is 0.557. The highest BCUT2D eigenvalue weighted by atomic mass is 16.7. The summed E-state index contributed by atoms with van der Waals surface area (Å²) < 4.78 is 10.2. The monoisotopic (exact) mass is 170 g/mol. The number of ether oxygens (including phenoxy) is 2. The number of esters is 1. The summed E-state index contributed by atoms with van der Waals surface area (Å²) in [4.78, 5) is 11.3. The van der Waals surface area contributed by atoms with Crippen LogP contribution in [0.1, 0.15) is 25.7 Å². The predicted octanol–water partition coefficient (Wildman–Crippen LogP) is 1.32. The number of carbonyl (C=O) groups is 1. The lowest BCUT2D eigenvalue weighted by molar-refractivity contribution is -0.162. The minimum Gasteiger partial charge on any atom is -0.435 e. The van der Waals surface area contributed by atoms with Gasteiger partial charge in [-0.15, -0.1) is 0 Å². The Kier molecular flexibility index (Phi) is 2.05. The van der Waals surface area contributed by atoms with Gasteiger partial charge in [0.15, 0.2) is 0 Å². The van der Waals surface area contributed by atoms with Gasteiger partial charge < -0.3 is 9.47 Å². The Labute approximate surface area is 72.0 Å². The molecular weight excluding hydrogens is 156 g/mol. The molecule has 2 aliphatic rings. The lowest BCUT2D eigenvalue weighted by Gasteiger charge is -2.23. The minimum absolute atomic E-state index is 0.0495. The second-order valence-corrected chi connectivity index (χ2v) is 3.60. The first kappa shape index (κ1) is 8.05. The van der Waals surface area contributed by atoms with Crippen LogP contribution in [0.5, 0.6) is 0 Å². The van der Waals surface area contributed by atoms with Crippen LogP contribution in [0.4, 0.5) is 0 Å². The molecule has 0 amide bonds. The van der Waals surface area contributed by atoms with E-state index in [0.717, 1.165) is 19.3 Å². The van der Waals surface area contributed by atoms with Crippen molar-refractivity contribution in [1.82, 2.24) is 0 Å². The van der Waals surface area contributed by atoms with Crippen molar-refractivity contribution in [3.05, 3.63) is 0 Å². The Hall–Kier alpha value is -0.570. The molecule has 1 heterocycles. The van der Waals surface area contributed by atoms with Gasteiger partial charge in [0.2, 0.25) is 6.29 Å². The maximum atomic E-state index is 11.3. The second-order valence-electron chi connectivity index (χ2n) is 3.60. The molecule has 3 atom stereocenters. The van der Waals surface area contributed by atoms with Crippen molar-refractivity contribution < 1.29 is 14.3 Å². The lowest BCUT2D eigenvalue weighted by atomic mass is 9.81. The average molecular weight is 170 g/mol. The van der Waals surface area contributed by atoms with Crippen LogP contribution in [0, 0.1) is 11.8 Å². The summed E-state index contributed by atoms with van der Waals surface area (Å²) in [6.45, 7) is 0. The topological polar surface area (TPSA) is 35.5 Å². The van der Waals surface area contributed by atoms with Crippen molar-refractivity contribution in [2.45, 2.75) is 32.0 Å². The molecule has 0 spiro atoms. The van der Waals surface area contributed by atoms with Gasteiger partial charge in [0.05, 0.1) is 5.92 Å². The van der Waals surface area contributed by atoms with Crippen molar-refractivity contribution in [3.8, 4) is 0 Å². The van der Waals surface area contributed by atoms with Crippen LogP contribution in [0.3, 0.4) is 0 Å². The normalized spacial score (nSPS) is 40.8. The summed E-state index contributed by atoms with van der Waals surface area (Å²) in [6.07, 6.45) is 4.17. The number of fused-ring (bicyclic) bond motifs is 1. The first-order valence-corrected chi connectivity index (χ1v) is 4.56. The van der Waals surface area contributed by atoms with Gasteiger partial charge >= 0.3 is 5.97 Å². The first-order chi connectivity index (χ1) is 5.83. The molecule has 2 fully saturated rings. The smallest absolute Gasteiger partial charge is 0.311 e. The molecule has 1 aliphatic heterocycles. The van der Waals surface area contributed by atoms with E-state index < -0.39 is 0 Å². The number of carbonyl (C=O) groups excluding carboxylic acids is 1. The highest BCUT2D eigenvalue weighted by Gasteiger charge is 2.45. The molecular formula is C9H14O3. The van der Waals surface area contributed by atoms with Gasteiger partial charge in [-0.25, -0.2) is 0 Å².